The van der Waals surface area contributed by atoms with Crippen LogP contribution in [-0.2, 0) is 22.6 Å². The number of hydrogen-bond donors (Lipinski definition) is 3. The van der Waals surface area contributed by atoms with E-state index in [0.29, 0.717) is 13.1 Å². The molecule has 1 saturated heterocycles. The Hall–Kier alpha value is -2.71. The number of aliphatic hydroxyl groups is 1. The van der Waals surface area contributed by atoms with E-state index in [0.717, 1.165) is 35.3 Å². The predicted octanol–water partition coefficient (Wildman–Crippen LogP) is 3.91. The first-order chi connectivity index (χ1) is 16.4. The molecule has 1 aliphatic heterocycles. The molecule has 1 heterocycles. The molecule has 3 N–H and O–H groups in total. The fourth-order valence-electron chi connectivity index (χ4n) is 4.13. The summed E-state index contributed by atoms with van der Waals surface area (Å²) in [5.74, 6) is 0.129. The summed E-state index contributed by atoms with van der Waals surface area (Å²) in [4.78, 5) is 13.9. The maximum Gasteiger partial charge on any atom is 0.315 e. The molecule has 0 bridgehead atoms. The van der Waals surface area contributed by atoms with Crippen LogP contribution < -0.4 is 10.6 Å². The number of likely N-dealkylation sites (N-methyl/N-ethyl adjacent to an activating group) is 1. The summed E-state index contributed by atoms with van der Waals surface area (Å²) in [6, 6.07) is 15.7. The van der Waals surface area contributed by atoms with Gasteiger partial charge in [-0.1, -0.05) is 61.5 Å². The van der Waals surface area contributed by atoms with Gasteiger partial charge in [0.1, 0.15) is 0 Å². The van der Waals surface area contributed by atoms with E-state index < -0.39 is 6.29 Å². The molecule has 7 nitrogen and oxygen atoms in total. The molecule has 2 amide bonds. The number of rotatable bonds is 10. The molecule has 0 aliphatic carbocycles. The summed E-state index contributed by atoms with van der Waals surface area (Å²) in [7, 11) is 2.06. The molecule has 2 aromatic rings. The van der Waals surface area contributed by atoms with E-state index in [1.54, 1.807) is 0 Å². The van der Waals surface area contributed by atoms with Crippen LogP contribution >= 0.6 is 0 Å². The van der Waals surface area contributed by atoms with Crippen LogP contribution in [0.3, 0.4) is 0 Å². The van der Waals surface area contributed by atoms with Gasteiger partial charge in [0.25, 0.3) is 0 Å². The molecule has 0 spiro atoms. The molecule has 2 aromatic carbocycles. The number of ether oxygens (including phenoxy) is 2. The highest BCUT2D eigenvalue weighted by atomic mass is 16.7. The van der Waals surface area contributed by atoms with Crippen molar-refractivity contribution in [1.82, 2.24) is 15.5 Å². The standard InChI is InChI=1S/C27H37N3O4/c1-5-15-30(4)17-24-19(3)25(22-11-9-21(18-31)10-12-22)34-26(33-24)23-13-7-20(8-14-23)16-29-27(32)28-6-2/h5,7-14,19,24-26,31H,1,6,15-18H2,2-4H3,(H2,28,29,32). The number of carbonyl (C=O) groups excluding carboxylic acids is 1. The molecule has 1 fully saturated rings. The number of nitrogens with zero attached hydrogens (tertiary/aromatic N) is 1. The Kier molecular flexibility index (Phi) is 9.65. The zero-order valence-electron chi connectivity index (χ0n) is 20.4. The Balaban J connectivity index is 1.78. The highest BCUT2D eigenvalue weighted by Crippen LogP contribution is 2.41. The maximum absolute atomic E-state index is 11.7. The zero-order chi connectivity index (χ0) is 24.5. The lowest BCUT2D eigenvalue weighted by Crippen LogP contribution is -2.43. The average Bonchev–Trinajstić information content (AvgIpc) is 2.85. The molecular formula is C27H37N3O4. The zero-order valence-corrected chi connectivity index (χ0v) is 20.4. The predicted molar refractivity (Wildman–Crippen MR) is 133 cm³/mol. The van der Waals surface area contributed by atoms with Gasteiger partial charge in [-0.15, -0.1) is 6.58 Å². The van der Waals surface area contributed by atoms with Crippen molar-refractivity contribution in [1.29, 1.82) is 0 Å². The molecule has 4 atom stereocenters. The first-order valence-corrected chi connectivity index (χ1v) is 11.9. The van der Waals surface area contributed by atoms with Gasteiger partial charge in [0, 0.05) is 37.7 Å². The van der Waals surface area contributed by atoms with E-state index in [2.05, 4.69) is 36.1 Å². The van der Waals surface area contributed by atoms with Crippen molar-refractivity contribution < 1.29 is 19.4 Å². The molecule has 184 valence electrons. The van der Waals surface area contributed by atoms with Gasteiger partial charge in [-0.3, -0.25) is 0 Å². The van der Waals surface area contributed by atoms with E-state index in [1.165, 1.54) is 0 Å². The van der Waals surface area contributed by atoms with Gasteiger partial charge in [-0.2, -0.15) is 0 Å². The Morgan fingerprint density at radius 3 is 2.32 bits per heavy atom. The van der Waals surface area contributed by atoms with Gasteiger partial charge in [-0.05, 0) is 30.7 Å². The van der Waals surface area contributed by atoms with Gasteiger partial charge in [-0.25, -0.2) is 4.79 Å². The molecule has 4 unspecified atom stereocenters. The van der Waals surface area contributed by atoms with Gasteiger partial charge in [0.15, 0.2) is 6.29 Å². The molecule has 0 radical (unpaired) electrons. The monoisotopic (exact) mass is 467 g/mol. The number of nitrogens with one attached hydrogen (secondary N) is 2. The largest absolute Gasteiger partial charge is 0.392 e. The van der Waals surface area contributed by atoms with Crippen molar-refractivity contribution in [2.75, 3.05) is 26.7 Å². The lowest BCUT2D eigenvalue weighted by Gasteiger charge is -2.42. The summed E-state index contributed by atoms with van der Waals surface area (Å²) >= 11 is 0. The lowest BCUT2D eigenvalue weighted by atomic mass is 9.90. The summed E-state index contributed by atoms with van der Waals surface area (Å²) < 4.78 is 12.9. The van der Waals surface area contributed by atoms with Gasteiger partial charge in [0.05, 0.1) is 18.8 Å². The van der Waals surface area contributed by atoms with E-state index in [9.17, 15) is 9.90 Å². The van der Waals surface area contributed by atoms with Gasteiger partial charge < -0.3 is 30.1 Å². The minimum Gasteiger partial charge on any atom is -0.392 e. The van der Waals surface area contributed by atoms with E-state index in [4.69, 9.17) is 9.47 Å². The van der Waals surface area contributed by atoms with Gasteiger partial charge in [0.2, 0.25) is 0 Å². The molecule has 34 heavy (non-hydrogen) atoms. The van der Waals surface area contributed by atoms with Crippen molar-refractivity contribution >= 4 is 6.03 Å². The third-order valence-electron chi connectivity index (χ3n) is 6.10. The smallest absolute Gasteiger partial charge is 0.315 e. The number of benzene rings is 2. The summed E-state index contributed by atoms with van der Waals surface area (Å²) in [6.07, 6.45) is 1.20. The van der Waals surface area contributed by atoms with Crippen LogP contribution in [0, 0.1) is 5.92 Å². The van der Waals surface area contributed by atoms with E-state index in [-0.39, 0.29) is 30.8 Å². The van der Waals surface area contributed by atoms with Crippen LogP contribution in [0.25, 0.3) is 0 Å². The maximum atomic E-state index is 11.7. The number of hydrogen-bond acceptors (Lipinski definition) is 5. The Labute approximate surface area is 202 Å². The fourth-order valence-corrected chi connectivity index (χ4v) is 4.13. The van der Waals surface area contributed by atoms with E-state index >= 15 is 0 Å². The normalized spacial score (nSPS) is 22.4. The highest BCUT2D eigenvalue weighted by Gasteiger charge is 2.38. The topological polar surface area (TPSA) is 83.1 Å². The third kappa shape index (κ3) is 6.90. The van der Waals surface area contributed by atoms with Crippen molar-refractivity contribution in [3.63, 3.8) is 0 Å². The SMILES string of the molecule is C=CCN(C)CC1OC(c2ccc(CNC(=O)NCC)cc2)OC(c2ccc(CO)cc2)C1C. The van der Waals surface area contributed by atoms with Crippen molar-refractivity contribution in [3.8, 4) is 0 Å². The summed E-state index contributed by atoms with van der Waals surface area (Å²) in [5, 5.41) is 15.0. The number of urea groups is 1. The fraction of sp³-hybridized carbons (Fsp3) is 0.444. The van der Waals surface area contributed by atoms with Crippen LogP contribution in [-0.4, -0.2) is 48.8 Å². The summed E-state index contributed by atoms with van der Waals surface area (Å²) in [6.45, 7) is 10.5. The van der Waals surface area contributed by atoms with Gasteiger partial charge >= 0.3 is 6.03 Å². The first-order valence-electron chi connectivity index (χ1n) is 11.9. The van der Waals surface area contributed by atoms with Crippen LogP contribution in [0.1, 0.15) is 48.5 Å². The third-order valence-corrected chi connectivity index (χ3v) is 6.10. The van der Waals surface area contributed by atoms with Crippen LogP contribution in [0.5, 0.6) is 0 Å². The molecule has 0 aromatic heterocycles. The Morgan fingerprint density at radius 1 is 1.06 bits per heavy atom. The second-order valence-electron chi connectivity index (χ2n) is 8.79. The second-order valence-corrected chi connectivity index (χ2v) is 8.79. The number of aliphatic hydroxyl groups excluding tert-OH is 1. The lowest BCUT2D eigenvalue weighted by molar-refractivity contribution is -0.275. The molecule has 3 rings (SSSR count). The van der Waals surface area contributed by atoms with Crippen molar-refractivity contribution in [2.24, 2.45) is 5.92 Å². The Bertz CT molecular complexity index is 916. The average molecular weight is 468 g/mol. The van der Waals surface area contributed by atoms with Crippen LogP contribution in [0.15, 0.2) is 61.2 Å². The molecule has 0 saturated carbocycles. The minimum absolute atomic E-state index is 0.0172. The van der Waals surface area contributed by atoms with Crippen LogP contribution in [0.2, 0.25) is 0 Å². The number of amides is 2. The molecular weight excluding hydrogens is 430 g/mol. The Morgan fingerprint density at radius 2 is 1.71 bits per heavy atom. The first kappa shape index (κ1) is 25.9. The number of carbonyl (C=O) groups is 1. The summed E-state index contributed by atoms with van der Waals surface area (Å²) in [5.41, 5.74) is 3.87. The van der Waals surface area contributed by atoms with Crippen molar-refractivity contribution in [2.45, 2.75) is 45.5 Å². The molecule has 7 heteroatoms. The quantitative estimate of drug-likeness (QED) is 0.462. The second kappa shape index (κ2) is 12.7. The minimum atomic E-state index is -0.508. The van der Waals surface area contributed by atoms with Crippen LogP contribution in [0.4, 0.5) is 4.79 Å². The molecule has 1 aliphatic rings. The van der Waals surface area contributed by atoms with Crippen molar-refractivity contribution in [3.05, 3.63) is 83.4 Å². The highest BCUT2D eigenvalue weighted by molar-refractivity contribution is 5.73. The van der Waals surface area contributed by atoms with E-state index in [1.807, 2.05) is 61.5 Å².